The molecule has 5 rings (SSSR count). The van der Waals surface area contributed by atoms with Gasteiger partial charge in [-0.2, -0.15) is 0 Å². The van der Waals surface area contributed by atoms with Crippen LogP contribution in [-0.4, -0.2) is 29.2 Å². The van der Waals surface area contributed by atoms with Crippen LogP contribution in [0.25, 0.3) is 10.8 Å². The Balaban J connectivity index is 1.34. The van der Waals surface area contributed by atoms with Crippen molar-refractivity contribution in [1.29, 1.82) is 0 Å². The van der Waals surface area contributed by atoms with Crippen LogP contribution in [0.5, 0.6) is 0 Å². The van der Waals surface area contributed by atoms with Gasteiger partial charge in [-0.05, 0) is 42.6 Å². The highest BCUT2D eigenvalue weighted by molar-refractivity contribution is 6.10. The summed E-state index contributed by atoms with van der Waals surface area (Å²) in [4.78, 5) is 39.2. The monoisotopic (exact) mass is 348 g/mol. The summed E-state index contributed by atoms with van der Waals surface area (Å²) < 4.78 is 0. The second-order valence-corrected chi connectivity index (χ2v) is 7.72. The number of nitrogens with one attached hydrogen (secondary N) is 1. The van der Waals surface area contributed by atoms with Gasteiger partial charge in [-0.15, -0.1) is 0 Å². The van der Waals surface area contributed by atoms with Gasteiger partial charge in [0.1, 0.15) is 6.54 Å². The average molecular weight is 348 g/mol. The van der Waals surface area contributed by atoms with E-state index in [1.807, 2.05) is 42.5 Å². The van der Waals surface area contributed by atoms with Crippen LogP contribution in [0.15, 0.2) is 42.5 Å². The Bertz CT molecular complexity index is 905. The molecule has 2 bridgehead atoms. The van der Waals surface area contributed by atoms with Gasteiger partial charge < -0.3 is 5.32 Å². The van der Waals surface area contributed by atoms with Crippen molar-refractivity contribution in [3.63, 3.8) is 0 Å². The first kappa shape index (κ1) is 15.6. The van der Waals surface area contributed by atoms with Gasteiger partial charge in [-0.3, -0.25) is 19.3 Å². The van der Waals surface area contributed by atoms with Crippen LogP contribution in [0.3, 0.4) is 0 Å². The number of hydrogen-bond acceptors (Lipinski definition) is 3. The highest BCUT2D eigenvalue weighted by Gasteiger charge is 2.60. The number of nitrogens with zero attached hydrogens (tertiary/aromatic N) is 1. The van der Waals surface area contributed by atoms with Crippen molar-refractivity contribution in [2.45, 2.75) is 19.3 Å². The van der Waals surface area contributed by atoms with E-state index in [0.717, 1.165) is 30.0 Å². The molecule has 2 aliphatic carbocycles. The third-order valence-corrected chi connectivity index (χ3v) is 6.38. The number of likely N-dealkylation sites (tertiary alicyclic amines) is 1. The summed E-state index contributed by atoms with van der Waals surface area (Å²) in [6.07, 6.45) is 3.09. The van der Waals surface area contributed by atoms with Crippen molar-refractivity contribution in [2.75, 3.05) is 11.9 Å². The number of hydrogen-bond donors (Lipinski definition) is 1. The van der Waals surface area contributed by atoms with Crippen molar-refractivity contribution in [3.05, 3.63) is 42.5 Å². The number of carbonyl (C=O) groups excluding carboxylic acids is 3. The lowest BCUT2D eigenvalue weighted by Gasteiger charge is -2.19. The van der Waals surface area contributed by atoms with E-state index in [4.69, 9.17) is 0 Å². The van der Waals surface area contributed by atoms with Gasteiger partial charge in [0, 0.05) is 11.1 Å². The lowest BCUT2D eigenvalue weighted by atomic mass is 9.81. The number of benzene rings is 2. The first-order valence-corrected chi connectivity index (χ1v) is 9.26. The molecule has 5 nitrogen and oxygen atoms in total. The van der Waals surface area contributed by atoms with Gasteiger partial charge in [-0.1, -0.05) is 36.4 Å². The molecule has 1 saturated heterocycles. The first-order valence-electron chi connectivity index (χ1n) is 9.26. The molecule has 3 fully saturated rings. The third-order valence-electron chi connectivity index (χ3n) is 6.38. The number of imide groups is 1. The van der Waals surface area contributed by atoms with Crippen molar-refractivity contribution >= 4 is 34.2 Å². The molecule has 0 aromatic heterocycles. The topological polar surface area (TPSA) is 66.5 Å². The standard InChI is InChI=1S/C21H20N2O3/c24-17(22-16-7-3-5-12-4-1-2-6-15(12)16)11-23-20(25)18-13-8-9-14(10-13)19(18)21(23)26/h1-7,13-14,18-19H,8-11H2,(H,22,24)/t13-,14+,18-,19+. The number of amides is 3. The Morgan fingerprint density at radius 2 is 1.62 bits per heavy atom. The van der Waals surface area contributed by atoms with Crippen molar-refractivity contribution in [3.8, 4) is 0 Å². The van der Waals surface area contributed by atoms with Gasteiger partial charge in [0.15, 0.2) is 0 Å². The van der Waals surface area contributed by atoms with Crippen LogP contribution in [0.2, 0.25) is 0 Å². The van der Waals surface area contributed by atoms with Gasteiger partial charge in [0.2, 0.25) is 17.7 Å². The Labute approximate surface area is 151 Å². The molecule has 2 aromatic rings. The molecule has 1 heterocycles. The van der Waals surface area contributed by atoms with E-state index >= 15 is 0 Å². The van der Waals surface area contributed by atoms with E-state index in [9.17, 15) is 14.4 Å². The number of anilines is 1. The molecule has 0 spiro atoms. The summed E-state index contributed by atoms with van der Waals surface area (Å²) in [5.74, 6) is -0.269. The largest absolute Gasteiger partial charge is 0.324 e. The van der Waals surface area contributed by atoms with E-state index in [1.165, 1.54) is 4.90 Å². The van der Waals surface area contributed by atoms with Crippen LogP contribution in [-0.2, 0) is 14.4 Å². The zero-order chi connectivity index (χ0) is 17.8. The van der Waals surface area contributed by atoms with Gasteiger partial charge in [0.05, 0.1) is 11.8 Å². The van der Waals surface area contributed by atoms with Crippen LogP contribution >= 0.6 is 0 Å². The number of carbonyl (C=O) groups is 3. The highest BCUT2D eigenvalue weighted by atomic mass is 16.2. The Kier molecular flexibility index (Phi) is 3.39. The zero-order valence-electron chi connectivity index (χ0n) is 14.4. The van der Waals surface area contributed by atoms with E-state index in [-0.39, 0.29) is 36.1 Å². The zero-order valence-corrected chi connectivity index (χ0v) is 14.4. The summed E-state index contributed by atoms with van der Waals surface area (Å²) in [6.45, 7) is -0.187. The third kappa shape index (κ3) is 2.19. The van der Waals surface area contributed by atoms with Crippen LogP contribution < -0.4 is 5.32 Å². The van der Waals surface area contributed by atoms with Crippen molar-refractivity contribution in [1.82, 2.24) is 4.90 Å². The van der Waals surface area contributed by atoms with Crippen molar-refractivity contribution in [2.24, 2.45) is 23.7 Å². The normalized spacial score (nSPS) is 29.5. The first-order chi connectivity index (χ1) is 12.6. The van der Waals surface area contributed by atoms with E-state index < -0.39 is 0 Å². The summed E-state index contributed by atoms with van der Waals surface area (Å²) in [6, 6.07) is 13.5. The van der Waals surface area contributed by atoms with Crippen LogP contribution in [0.4, 0.5) is 5.69 Å². The fraction of sp³-hybridized carbons (Fsp3) is 0.381. The number of fused-ring (bicyclic) bond motifs is 6. The molecule has 0 unspecified atom stereocenters. The van der Waals surface area contributed by atoms with E-state index in [1.54, 1.807) is 0 Å². The minimum Gasteiger partial charge on any atom is -0.324 e. The maximum Gasteiger partial charge on any atom is 0.244 e. The summed E-state index contributed by atoms with van der Waals surface area (Å²) in [7, 11) is 0. The molecule has 0 radical (unpaired) electrons. The summed E-state index contributed by atoms with van der Waals surface area (Å²) in [5.41, 5.74) is 0.701. The Hall–Kier alpha value is -2.69. The predicted molar refractivity (Wildman–Crippen MR) is 97.1 cm³/mol. The molecule has 2 aromatic carbocycles. The molecular formula is C21H20N2O3. The average Bonchev–Trinajstić information content (AvgIpc) is 3.32. The van der Waals surface area contributed by atoms with E-state index in [2.05, 4.69) is 5.32 Å². The molecule has 132 valence electrons. The maximum absolute atomic E-state index is 12.7. The minimum atomic E-state index is -0.324. The molecule has 26 heavy (non-hydrogen) atoms. The quantitative estimate of drug-likeness (QED) is 0.868. The van der Waals surface area contributed by atoms with Crippen LogP contribution in [0.1, 0.15) is 19.3 Å². The lowest BCUT2D eigenvalue weighted by Crippen LogP contribution is -2.39. The lowest BCUT2D eigenvalue weighted by molar-refractivity contribution is -0.143. The Morgan fingerprint density at radius 3 is 2.35 bits per heavy atom. The summed E-state index contributed by atoms with van der Waals surface area (Å²) >= 11 is 0. The molecule has 4 atom stereocenters. The molecule has 2 saturated carbocycles. The fourth-order valence-corrected chi connectivity index (χ4v) is 5.29. The Morgan fingerprint density at radius 1 is 0.962 bits per heavy atom. The molecule has 1 N–H and O–H groups in total. The molecule has 3 aliphatic rings. The van der Waals surface area contributed by atoms with Crippen LogP contribution in [0, 0.1) is 23.7 Å². The SMILES string of the molecule is O=C(CN1C(=O)[C@@H]2[C@@H]3CC[C@@H](C3)[C@@H]2C1=O)Nc1cccc2ccccc12. The predicted octanol–water partition coefficient (Wildman–Crippen LogP) is 2.81. The summed E-state index contributed by atoms with van der Waals surface area (Å²) in [5, 5.41) is 4.85. The smallest absolute Gasteiger partial charge is 0.244 e. The van der Waals surface area contributed by atoms with Gasteiger partial charge in [0.25, 0.3) is 0 Å². The number of rotatable bonds is 3. The fourth-order valence-electron chi connectivity index (χ4n) is 5.29. The molecular weight excluding hydrogens is 328 g/mol. The highest BCUT2D eigenvalue weighted by Crippen LogP contribution is 2.56. The maximum atomic E-state index is 12.7. The second-order valence-electron chi connectivity index (χ2n) is 7.72. The molecule has 1 aliphatic heterocycles. The molecule has 3 amide bonds. The second kappa shape index (κ2) is 5.66. The molecule has 5 heteroatoms. The van der Waals surface area contributed by atoms with Crippen molar-refractivity contribution < 1.29 is 14.4 Å². The minimum absolute atomic E-state index is 0.139. The van der Waals surface area contributed by atoms with Gasteiger partial charge in [-0.25, -0.2) is 0 Å². The van der Waals surface area contributed by atoms with Gasteiger partial charge >= 0.3 is 0 Å². The van der Waals surface area contributed by atoms with E-state index in [0.29, 0.717) is 17.5 Å².